The Balaban J connectivity index is 1.62. The fourth-order valence-corrected chi connectivity index (χ4v) is 4.48. The van der Waals surface area contributed by atoms with Crippen LogP contribution in [0.1, 0.15) is 31.7 Å². The van der Waals surface area contributed by atoms with Crippen molar-refractivity contribution < 1.29 is 4.79 Å². The van der Waals surface area contributed by atoms with Crippen LogP contribution in [-0.2, 0) is 4.79 Å². The maximum atomic E-state index is 12.6. The Morgan fingerprint density at radius 2 is 2.12 bits per heavy atom. The highest BCUT2D eigenvalue weighted by Gasteiger charge is 2.23. The van der Waals surface area contributed by atoms with Gasteiger partial charge in [0.25, 0.3) is 0 Å². The van der Waals surface area contributed by atoms with Gasteiger partial charge >= 0.3 is 0 Å². The van der Waals surface area contributed by atoms with E-state index in [1.54, 1.807) is 0 Å². The third kappa shape index (κ3) is 2.99. The van der Waals surface area contributed by atoms with E-state index in [9.17, 15) is 4.79 Å². The molecule has 0 spiro atoms. The van der Waals surface area contributed by atoms with Gasteiger partial charge in [-0.1, -0.05) is 30.0 Å². The number of pyridine rings is 1. The highest BCUT2D eigenvalue weighted by molar-refractivity contribution is 7.99. The fraction of sp³-hybridized carbons (Fsp3) is 0.421. The Hall–Kier alpha value is -2.08. The largest absolute Gasteiger partial charge is 0.339 e. The lowest BCUT2D eigenvalue weighted by Crippen LogP contribution is -2.42. The second-order valence-corrected chi connectivity index (χ2v) is 7.68. The van der Waals surface area contributed by atoms with Gasteiger partial charge in [-0.25, -0.2) is 0 Å². The van der Waals surface area contributed by atoms with Gasteiger partial charge in [-0.15, -0.1) is 10.2 Å². The number of amides is 1. The number of likely N-dealkylation sites (tertiary alicyclic amines) is 1. The zero-order valence-corrected chi connectivity index (χ0v) is 15.4. The minimum atomic E-state index is 0.199. The maximum absolute atomic E-state index is 12.6. The minimum absolute atomic E-state index is 0.199. The molecule has 0 aliphatic carbocycles. The lowest BCUT2D eigenvalue weighted by atomic mass is 10.0. The molecule has 6 heteroatoms. The van der Waals surface area contributed by atoms with E-state index in [-0.39, 0.29) is 5.91 Å². The molecule has 1 saturated heterocycles. The first kappa shape index (κ1) is 16.4. The van der Waals surface area contributed by atoms with Crippen molar-refractivity contribution in [3.8, 4) is 0 Å². The number of aromatic nitrogens is 3. The summed E-state index contributed by atoms with van der Waals surface area (Å²) in [5.74, 6) is 0.609. The summed E-state index contributed by atoms with van der Waals surface area (Å²) in [6, 6.07) is 10.7. The fourth-order valence-electron chi connectivity index (χ4n) is 3.65. The van der Waals surface area contributed by atoms with E-state index in [0.717, 1.165) is 35.7 Å². The standard InChI is InChI=1S/C19H22N4OS/c1-13-11-17-20-21-19(23(17)16-9-4-3-8-15(13)16)25-12-18(24)22-10-6-5-7-14(22)2/h3-4,8-9,11,14H,5-7,10,12H2,1-2H3. The zero-order chi connectivity index (χ0) is 17.4. The van der Waals surface area contributed by atoms with Crippen LogP contribution in [0.3, 0.4) is 0 Å². The molecule has 1 fully saturated rings. The summed E-state index contributed by atoms with van der Waals surface area (Å²) in [6.07, 6.45) is 3.44. The van der Waals surface area contributed by atoms with Crippen LogP contribution < -0.4 is 0 Å². The summed E-state index contributed by atoms with van der Waals surface area (Å²) in [4.78, 5) is 14.6. The molecular weight excluding hydrogens is 332 g/mol. The monoisotopic (exact) mass is 354 g/mol. The molecule has 0 N–H and O–H groups in total. The van der Waals surface area contributed by atoms with E-state index in [2.05, 4.69) is 40.6 Å². The highest BCUT2D eigenvalue weighted by atomic mass is 32.2. The average Bonchev–Trinajstić information content (AvgIpc) is 3.03. The summed E-state index contributed by atoms with van der Waals surface area (Å²) < 4.78 is 2.06. The van der Waals surface area contributed by atoms with E-state index in [1.807, 2.05) is 23.1 Å². The Kier molecular flexibility index (Phi) is 4.37. The molecule has 3 aromatic rings. The molecule has 1 amide bonds. The number of carbonyl (C=O) groups excluding carboxylic acids is 1. The zero-order valence-electron chi connectivity index (χ0n) is 14.6. The van der Waals surface area contributed by atoms with Crippen molar-refractivity contribution in [1.29, 1.82) is 0 Å². The Bertz CT molecular complexity index is 936. The van der Waals surface area contributed by atoms with Gasteiger partial charge in [0.2, 0.25) is 5.91 Å². The van der Waals surface area contributed by atoms with E-state index in [4.69, 9.17) is 0 Å². The van der Waals surface area contributed by atoms with Gasteiger partial charge in [0.15, 0.2) is 10.8 Å². The first-order valence-electron chi connectivity index (χ1n) is 8.81. The number of rotatable bonds is 3. The normalized spacial score (nSPS) is 18.2. The molecule has 0 saturated carbocycles. The smallest absolute Gasteiger partial charge is 0.233 e. The SMILES string of the molecule is Cc1cc2nnc(SCC(=O)N3CCCCC3C)n2c2ccccc12. The van der Waals surface area contributed by atoms with Crippen LogP contribution >= 0.6 is 11.8 Å². The predicted octanol–water partition coefficient (Wildman–Crippen LogP) is 3.68. The molecule has 1 aliphatic heterocycles. The molecule has 1 atom stereocenters. The molecule has 0 bridgehead atoms. The second-order valence-electron chi connectivity index (χ2n) is 6.74. The lowest BCUT2D eigenvalue weighted by Gasteiger charge is -2.33. The van der Waals surface area contributed by atoms with E-state index >= 15 is 0 Å². The van der Waals surface area contributed by atoms with E-state index < -0.39 is 0 Å². The average molecular weight is 354 g/mol. The van der Waals surface area contributed by atoms with E-state index in [0.29, 0.717) is 11.8 Å². The number of fused-ring (bicyclic) bond motifs is 3. The van der Waals surface area contributed by atoms with Crippen LogP contribution in [0.15, 0.2) is 35.5 Å². The Morgan fingerprint density at radius 1 is 1.28 bits per heavy atom. The second kappa shape index (κ2) is 6.67. The first-order valence-corrected chi connectivity index (χ1v) is 9.79. The summed E-state index contributed by atoms with van der Waals surface area (Å²) in [6.45, 7) is 5.11. The molecule has 0 radical (unpaired) electrons. The molecule has 4 rings (SSSR count). The highest BCUT2D eigenvalue weighted by Crippen LogP contribution is 2.26. The van der Waals surface area contributed by atoms with Gasteiger partial charge in [-0.2, -0.15) is 0 Å². The Labute approximate surface area is 151 Å². The molecule has 5 nitrogen and oxygen atoms in total. The number of carbonyl (C=O) groups is 1. The van der Waals surface area contributed by atoms with Crippen LogP contribution in [0, 0.1) is 6.92 Å². The van der Waals surface area contributed by atoms with Crippen molar-refractivity contribution in [2.75, 3.05) is 12.3 Å². The molecule has 25 heavy (non-hydrogen) atoms. The van der Waals surface area contributed by atoms with Gasteiger partial charge < -0.3 is 4.90 Å². The van der Waals surface area contributed by atoms with Gasteiger partial charge in [0.1, 0.15) is 0 Å². The van der Waals surface area contributed by atoms with Gasteiger partial charge in [0.05, 0.1) is 11.3 Å². The molecule has 2 aromatic heterocycles. The topological polar surface area (TPSA) is 50.5 Å². The molecule has 1 unspecified atom stereocenters. The molecule has 1 aliphatic rings. The summed E-state index contributed by atoms with van der Waals surface area (Å²) in [5.41, 5.74) is 3.10. The van der Waals surface area contributed by atoms with Crippen molar-refractivity contribution in [2.24, 2.45) is 0 Å². The molecular formula is C19H22N4OS. The molecule has 130 valence electrons. The number of nitrogens with zero attached hydrogens (tertiary/aromatic N) is 4. The third-order valence-corrected chi connectivity index (χ3v) is 5.94. The number of para-hydroxylation sites is 1. The quantitative estimate of drug-likeness (QED) is 0.673. The van der Waals surface area contributed by atoms with Crippen LogP contribution in [0.25, 0.3) is 16.6 Å². The third-order valence-electron chi connectivity index (χ3n) is 5.02. The van der Waals surface area contributed by atoms with Crippen LogP contribution in [-0.4, -0.2) is 43.7 Å². The maximum Gasteiger partial charge on any atom is 0.233 e. The van der Waals surface area contributed by atoms with Crippen molar-refractivity contribution in [3.63, 3.8) is 0 Å². The number of thioether (sulfide) groups is 1. The predicted molar refractivity (Wildman–Crippen MR) is 101 cm³/mol. The van der Waals surface area contributed by atoms with Gasteiger partial charge in [0, 0.05) is 18.0 Å². The minimum Gasteiger partial charge on any atom is -0.339 e. The van der Waals surface area contributed by atoms with Gasteiger partial charge in [-0.3, -0.25) is 9.20 Å². The summed E-state index contributed by atoms with van der Waals surface area (Å²) in [7, 11) is 0. The number of hydrogen-bond acceptors (Lipinski definition) is 4. The summed E-state index contributed by atoms with van der Waals surface area (Å²) in [5, 5.41) is 10.6. The molecule has 1 aromatic carbocycles. The summed E-state index contributed by atoms with van der Waals surface area (Å²) >= 11 is 1.48. The van der Waals surface area contributed by atoms with Crippen LogP contribution in [0.2, 0.25) is 0 Å². The number of hydrogen-bond donors (Lipinski definition) is 0. The van der Waals surface area contributed by atoms with E-state index in [1.165, 1.54) is 29.1 Å². The Morgan fingerprint density at radius 3 is 2.96 bits per heavy atom. The number of aryl methyl sites for hydroxylation is 1. The van der Waals surface area contributed by atoms with Crippen molar-refractivity contribution >= 4 is 34.2 Å². The lowest BCUT2D eigenvalue weighted by molar-refractivity contribution is -0.131. The van der Waals surface area contributed by atoms with Crippen molar-refractivity contribution in [3.05, 3.63) is 35.9 Å². The van der Waals surface area contributed by atoms with Crippen LogP contribution in [0.5, 0.6) is 0 Å². The first-order chi connectivity index (χ1) is 12.1. The van der Waals surface area contributed by atoms with Crippen molar-refractivity contribution in [1.82, 2.24) is 19.5 Å². The van der Waals surface area contributed by atoms with Crippen LogP contribution in [0.4, 0.5) is 0 Å². The number of piperidine rings is 1. The molecule has 3 heterocycles. The number of benzene rings is 1. The van der Waals surface area contributed by atoms with Gasteiger partial charge in [-0.05, 0) is 50.8 Å². The van der Waals surface area contributed by atoms with Crippen molar-refractivity contribution in [2.45, 2.75) is 44.3 Å².